The first kappa shape index (κ1) is 14.5. The van der Waals surface area contributed by atoms with Crippen molar-refractivity contribution in [3.63, 3.8) is 0 Å². The molecule has 1 N–H and O–H groups in total. The molecule has 19 heavy (non-hydrogen) atoms. The van der Waals surface area contributed by atoms with Crippen LogP contribution in [0.5, 0.6) is 0 Å². The smallest absolute Gasteiger partial charge is 0.0716 e. The first-order valence-corrected chi connectivity index (χ1v) is 7.24. The first-order chi connectivity index (χ1) is 9.20. The van der Waals surface area contributed by atoms with Gasteiger partial charge in [-0.2, -0.15) is 0 Å². The molecule has 0 spiro atoms. The van der Waals surface area contributed by atoms with Crippen molar-refractivity contribution < 1.29 is 4.74 Å². The van der Waals surface area contributed by atoms with Gasteiger partial charge in [-0.25, -0.2) is 0 Å². The first-order valence-electron chi connectivity index (χ1n) is 7.24. The molecule has 1 atom stereocenters. The number of nitrogens with one attached hydrogen (secondary N) is 1. The Morgan fingerprint density at radius 3 is 2.68 bits per heavy atom. The topological polar surface area (TPSA) is 24.5 Å². The van der Waals surface area contributed by atoms with Crippen molar-refractivity contribution >= 4 is 0 Å². The van der Waals surface area contributed by atoms with Gasteiger partial charge in [0.1, 0.15) is 0 Å². The molecule has 1 heterocycles. The summed E-state index contributed by atoms with van der Waals surface area (Å²) < 4.78 is 5.25. The summed E-state index contributed by atoms with van der Waals surface area (Å²) in [6.07, 6.45) is 1.25. The highest BCUT2D eigenvalue weighted by atomic mass is 16.5. The Morgan fingerprint density at radius 1 is 1.32 bits per heavy atom. The third-order valence-corrected chi connectivity index (χ3v) is 3.95. The van der Waals surface area contributed by atoms with E-state index in [1.807, 2.05) is 0 Å². The molecule has 1 saturated heterocycles. The van der Waals surface area contributed by atoms with Gasteiger partial charge in [-0.15, -0.1) is 0 Å². The molecule has 106 valence electrons. The molecule has 0 amide bonds. The number of nitrogens with zero attached hydrogens (tertiary/aromatic N) is 1. The van der Waals surface area contributed by atoms with Crippen molar-refractivity contribution in [2.24, 2.45) is 0 Å². The lowest BCUT2D eigenvalue weighted by Crippen LogP contribution is -2.35. The number of methoxy groups -OCH3 is 1. The average Bonchev–Trinajstić information content (AvgIpc) is 2.87. The highest BCUT2D eigenvalue weighted by molar-refractivity contribution is 5.26. The van der Waals surface area contributed by atoms with Gasteiger partial charge >= 0.3 is 0 Å². The lowest BCUT2D eigenvalue weighted by Gasteiger charge is -2.20. The molecule has 0 aromatic heterocycles. The van der Waals surface area contributed by atoms with Gasteiger partial charge in [-0.05, 0) is 37.9 Å². The Balaban J connectivity index is 1.86. The fourth-order valence-electron chi connectivity index (χ4n) is 2.70. The van der Waals surface area contributed by atoms with Crippen LogP contribution in [-0.2, 0) is 17.9 Å². The van der Waals surface area contributed by atoms with E-state index in [4.69, 9.17) is 4.74 Å². The van der Waals surface area contributed by atoms with Crippen LogP contribution in [0.25, 0.3) is 0 Å². The molecule has 3 nitrogen and oxygen atoms in total. The monoisotopic (exact) mass is 262 g/mol. The van der Waals surface area contributed by atoms with E-state index in [-0.39, 0.29) is 0 Å². The van der Waals surface area contributed by atoms with Crippen LogP contribution >= 0.6 is 0 Å². The molecule has 0 saturated carbocycles. The summed E-state index contributed by atoms with van der Waals surface area (Å²) in [5, 5.41) is 3.68. The molecule has 0 radical (unpaired) electrons. The van der Waals surface area contributed by atoms with Crippen molar-refractivity contribution in [2.75, 3.05) is 20.2 Å². The van der Waals surface area contributed by atoms with Crippen molar-refractivity contribution in [3.8, 4) is 0 Å². The van der Waals surface area contributed by atoms with Crippen LogP contribution in [0.4, 0.5) is 0 Å². The van der Waals surface area contributed by atoms with Gasteiger partial charge in [0.25, 0.3) is 0 Å². The number of likely N-dealkylation sites (tertiary alicyclic amines) is 1. The summed E-state index contributed by atoms with van der Waals surface area (Å²) in [6.45, 7) is 8.57. The van der Waals surface area contributed by atoms with Crippen LogP contribution in [0.2, 0.25) is 0 Å². The maximum atomic E-state index is 5.25. The molecule has 2 rings (SSSR count). The van der Waals surface area contributed by atoms with Gasteiger partial charge in [0, 0.05) is 32.3 Å². The standard InChI is InChI=1S/C16H26N2O/c1-13(2)18-9-8-16(11-18)17-10-14-6-4-5-7-15(14)12-19-3/h4-7,13,16-17H,8-12H2,1-3H3. The zero-order chi connectivity index (χ0) is 13.7. The van der Waals surface area contributed by atoms with Crippen molar-refractivity contribution in [2.45, 2.75) is 45.5 Å². The number of hydrogen-bond acceptors (Lipinski definition) is 3. The Labute approximate surface area is 116 Å². The third-order valence-electron chi connectivity index (χ3n) is 3.95. The normalized spacial score (nSPS) is 20.3. The molecular weight excluding hydrogens is 236 g/mol. The van der Waals surface area contributed by atoms with Crippen LogP contribution < -0.4 is 5.32 Å². The molecule has 1 unspecified atom stereocenters. The zero-order valence-electron chi connectivity index (χ0n) is 12.4. The molecule has 1 aromatic rings. The SMILES string of the molecule is COCc1ccccc1CNC1CCN(C(C)C)C1. The van der Waals surface area contributed by atoms with Crippen LogP contribution in [-0.4, -0.2) is 37.2 Å². The fourth-order valence-corrected chi connectivity index (χ4v) is 2.70. The van der Waals surface area contributed by atoms with Gasteiger partial charge in [0.2, 0.25) is 0 Å². The summed E-state index contributed by atoms with van der Waals surface area (Å²) >= 11 is 0. The van der Waals surface area contributed by atoms with Crippen LogP contribution in [0.3, 0.4) is 0 Å². The Hall–Kier alpha value is -0.900. The van der Waals surface area contributed by atoms with E-state index < -0.39 is 0 Å². The second-order valence-corrected chi connectivity index (χ2v) is 5.66. The maximum absolute atomic E-state index is 5.25. The number of rotatable bonds is 6. The van der Waals surface area contributed by atoms with E-state index in [0.717, 1.165) is 6.54 Å². The quantitative estimate of drug-likeness (QED) is 0.852. The molecule has 0 bridgehead atoms. The van der Waals surface area contributed by atoms with E-state index in [1.54, 1.807) is 7.11 Å². The lowest BCUT2D eigenvalue weighted by molar-refractivity contribution is 0.184. The maximum Gasteiger partial charge on any atom is 0.0716 e. The predicted octanol–water partition coefficient (Wildman–Crippen LogP) is 2.41. The van der Waals surface area contributed by atoms with E-state index in [0.29, 0.717) is 18.7 Å². The van der Waals surface area contributed by atoms with E-state index in [9.17, 15) is 0 Å². The predicted molar refractivity (Wildman–Crippen MR) is 79.1 cm³/mol. The van der Waals surface area contributed by atoms with E-state index in [1.165, 1.54) is 30.6 Å². The lowest BCUT2D eigenvalue weighted by atomic mass is 10.1. The molecular formula is C16H26N2O. The second-order valence-electron chi connectivity index (χ2n) is 5.66. The van der Waals surface area contributed by atoms with Gasteiger partial charge in [0.05, 0.1) is 6.61 Å². The number of benzene rings is 1. The van der Waals surface area contributed by atoms with E-state index >= 15 is 0 Å². The summed E-state index contributed by atoms with van der Waals surface area (Å²) in [7, 11) is 1.75. The highest BCUT2D eigenvalue weighted by Crippen LogP contribution is 2.14. The van der Waals surface area contributed by atoms with Crippen molar-refractivity contribution in [1.29, 1.82) is 0 Å². The summed E-state index contributed by atoms with van der Waals surface area (Å²) in [6, 6.07) is 9.80. The minimum atomic E-state index is 0.623. The largest absolute Gasteiger partial charge is 0.380 e. The fraction of sp³-hybridized carbons (Fsp3) is 0.625. The van der Waals surface area contributed by atoms with Crippen LogP contribution in [0, 0.1) is 0 Å². The van der Waals surface area contributed by atoms with Crippen LogP contribution in [0.15, 0.2) is 24.3 Å². The molecule has 3 heteroatoms. The molecule has 1 aliphatic rings. The molecule has 0 aliphatic carbocycles. The van der Waals surface area contributed by atoms with E-state index in [2.05, 4.69) is 48.3 Å². The minimum Gasteiger partial charge on any atom is -0.380 e. The summed E-state index contributed by atoms with van der Waals surface area (Å²) in [5.41, 5.74) is 2.64. The van der Waals surface area contributed by atoms with Gasteiger partial charge in [-0.3, -0.25) is 4.90 Å². The van der Waals surface area contributed by atoms with Crippen molar-refractivity contribution in [3.05, 3.63) is 35.4 Å². The number of hydrogen-bond donors (Lipinski definition) is 1. The van der Waals surface area contributed by atoms with Crippen LogP contribution in [0.1, 0.15) is 31.4 Å². The van der Waals surface area contributed by atoms with Crippen molar-refractivity contribution in [1.82, 2.24) is 10.2 Å². The third kappa shape index (κ3) is 4.03. The minimum absolute atomic E-state index is 0.623. The molecule has 1 aliphatic heterocycles. The highest BCUT2D eigenvalue weighted by Gasteiger charge is 2.23. The molecule has 1 fully saturated rings. The summed E-state index contributed by atoms with van der Waals surface area (Å²) in [5.74, 6) is 0. The Bertz CT molecular complexity index is 392. The second kappa shape index (κ2) is 7.04. The van der Waals surface area contributed by atoms with Gasteiger partial charge in [0.15, 0.2) is 0 Å². The van der Waals surface area contributed by atoms with Gasteiger partial charge in [-0.1, -0.05) is 24.3 Å². The Morgan fingerprint density at radius 2 is 2.05 bits per heavy atom. The van der Waals surface area contributed by atoms with Gasteiger partial charge < -0.3 is 10.1 Å². The zero-order valence-corrected chi connectivity index (χ0v) is 12.4. The summed E-state index contributed by atoms with van der Waals surface area (Å²) in [4.78, 5) is 2.54. The number of ether oxygens (including phenoxy) is 1. The average molecular weight is 262 g/mol. The molecule has 1 aromatic carbocycles. The Kier molecular flexibility index (Phi) is 5.37.